The number of piperidine rings is 1. The molecule has 1 aliphatic heterocycles. The van der Waals surface area contributed by atoms with Gasteiger partial charge in [0.1, 0.15) is 17.1 Å². The Morgan fingerprint density at radius 2 is 1.95 bits per heavy atom. The van der Waals surface area contributed by atoms with E-state index in [9.17, 15) is 0 Å². The Morgan fingerprint density at radius 3 is 2.59 bits per heavy atom. The van der Waals surface area contributed by atoms with Crippen molar-refractivity contribution in [2.24, 2.45) is 16.6 Å². The first-order valence-electron chi connectivity index (χ1n) is 14.9. The average molecular weight is 623 g/mol. The molecule has 0 unspecified atom stereocenters. The molecule has 2 aromatic rings. The molecule has 0 radical (unpaired) electrons. The third kappa shape index (κ3) is 8.70. The number of ether oxygens (including phenoxy) is 1. The van der Waals surface area contributed by atoms with Gasteiger partial charge in [0.25, 0.3) is 0 Å². The van der Waals surface area contributed by atoms with Crippen LogP contribution in [-0.4, -0.2) is 26.4 Å². The lowest BCUT2D eigenvalue weighted by Crippen LogP contribution is -2.38. The van der Waals surface area contributed by atoms with E-state index in [1.54, 1.807) is 42.6 Å². The van der Waals surface area contributed by atoms with Crippen LogP contribution in [-0.2, 0) is 6.18 Å². The molecule has 234 valence electrons. The molecule has 0 amide bonds. The minimum Gasteiger partial charge on any atom is -0.457 e. The molecule has 3 N–H and O–H groups in total. The molecule has 44 heavy (non-hydrogen) atoms. The van der Waals surface area contributed by atoms with Gasteiger partial charge >= 0.3 is 6.18 Å². The van der Waals surface area contributed by atoms with Gasteiger partial charge in [-0.25, -0.2) is 0 Å². The zero-order valence-corrected chi connectivity index (χ0v) is 26.2. The third-order valence-electron chi connectivity index (χ3n) is 7.59. The second-order valence-corrected chi connectivity index (χ2v) is 12.0. The number of anilines is 2. The summed E-state index contributed by atoms with van der Waals surface area (Å²) in [5, 5.41) is 5.43. The maximum absolute atomic E-state index is 15.1. The van der Waals surface area contributed by atoms with Gasteiger partial charge in [-0.1, -0.05) is 48.7 Å². The van der Waals surface area contributed by atoms with Gasteiger partial charge < -0.3 is 20.7 Å². The van der Waals surface area contributed by atoms with Crippen LogP contribution in [0.4, 0.5) is 24.5 Å². The number of hydrogen-bond donors (Lipinski definition) is 2. The van der Waals surface area contributed by atoms with Crippen LogP contribution >= 0.6 is 11.8 Å². The number of halogens is 3. The van der Waals surface area contributed by atoms with Gasteiger partial charge in [-0.05, 0) is 106 Å². The Balaban J connectivity index is 1.76. The molecule has 2 aliphatic rings. The van der Waals surface area contributed by atoms with E-state index >= 15 is 13.2 Å². The lowest BCUT2D eigenvalue weighted by Gasteiger charge is -2.37. The Hall–Kier alpha value is -3.69. The Kier molecular flexibility index (Phi) is 11.6. The number of alkyl halides is 3. The summed E-state index contributed by atoms with van der Waals surface area (Å²) in [4.78, 5) is 6.53. The summed E-state index contributed by atoms with van der Waals surface area (Å²) < 4.78 is 51.0. The highest BCUT2D eigenvalue weighted by molar-refractivity contribution is 8.06. The molecule has 0 aromatic heterocycles. The fraction of sp³-hybridized carbons (Fsp3) is 0.343. The van der Waals surface area contributed by atoms with Gasteiger partial charge in [-0.3, -0.25) is 4.99 Å². The number of nitrogens with one attached hydrogen (secondary N) is 1. The van der Waals surface area contributed by atoms with Crippen molar-refractivity contribution in [3.63, 3.8) is 0 Å². The molecule has 1 heterocycles. The maximum atomic E-state index is 15.1. The number of para-hydroxylation sites is 1. The first-order valence-corrected chi connectivity index (χ1v) is 15.8. The summed E-state index contributed by atoms with van der Waals surface area (Å²) in [5.74, 6) is 0.347. The van der Waals surface area contributed by atoms with Gasteiger partial charge in [0, 0.05) is 35.5 Å². The second-order valence-electron chi connectivity index (χ2n) is 11.0. The van der Waals surface area contributed by atoms with Crippen molar-refractivity contribution < 1.29 is 17.9 Å². The number of nitrogens with two attached hydrogens (primary N) is 1. The van der Waals surface area contributed by atoms with Crippen LogP contribution in [0, 0.1) is 5.92 Å². The molecule has 1 saturated carbocycles. The monoisotopic (exact) mass is 622 g/mol. The zero-order valence-electron chi connectivity index (χ0n) is 25.4. The maximum Gasteiger partial charge on any atom is 0.422 e. The van der Waals surface area contributed by atoms with Crippen LogP contribution in [0.15, 0.2) is 105 Å². The first kappa shape index (κ1) is 33.2. The third-order valence-corrected chi connectivity index (χ3v) is 8.58. The Labute approximate surface area is 263 Å². The molecule has 0 spiro atoms. The van der Waals surface area contributed by atoms with E-state index in [-0.39, 0.29) is 17.4 Å². The summed E-state index contributed by atoms with van der Waals surface area (Å²) >= 11 is 1.45. The molecular formula is C35H41F3N4OS. The molecule has 9 heteroatoms. The van der Waals surface area contributed by atoms with E-state index < -0.39 is 11.7 Å². The van der Waals surface area contributed by atoms with Crippen molar-refractivity contribution in [2.45, 2.75) is 52.1 Å². The second kappa shape index (κ2) is 15.3. The molecule has 5 nitrogen and oxygen atoms in total. The smallest absolute Gasteiger partial charge is 0.422 e. The van der Waals surface area contributed by atoms with Crippen molar-refractivity contribution in [3.05, 3.63) is 106 Å². The van der Waals surface area contributed by atoms with E-state index in [0.29, 0.717) is 31.1 Å². The molecule has 4 rings (SSSR count). The van der Waals surface area contributed by atoms with Crippen LogP contribution in [0.2, 0.25) is 0 Å². The van der Waals surface area contributed by atoms with E-state index in [1.165, 1.54) is 23.4 Å². The van der Waals surface area contributed by atoms with Crippen molar-refractivity contribution in [2.75, 3.05) is 29.9 Å². The molecule has 1 atom stereocenters. The molecule has 2 aromatic carbocycles. The first-order chi connectivity index (χ1) is 21.2. The normalized spacial score (nSPS) is 17.5. The number of nitrogens with zero attached hydrogens (tertiary/aromatic N) is 2. The lowest BCUT2D eigenvalue weighted by atomic mass is 9.93. The average Bonchev–Trinajstić information content (AvgIpc) is 3.84. The predicted molar refractivity (Wildman–Crippen MR) is 179 cm³/mol. The Morgan fingerprint density at radius 1 is 1.20 bits per heavy atom. The van der Waals surface area contributed by atoms with Gasteiger partial charge in [0.05, 0.1) is 11.4 Å². The summed E-state index contributed by atoms with van der Waals surface area (Å²) in [6.45, 7) is 13.1. The Bertz CT molecular complexity index is 1450. The SMILES string of the molecule is C=N/C=C(\C=C/C)C(=C)S/C=C(\C)C(Nc1ccc(Oc2ccccc2)c(C(F)(F)F)c1N1CCC[C@@H](CCN)C1)=C1CC1. The molecule has 1 saturated heterocycles. The highest BCUT2D eigenvalue weighted by atomic mass is 32.2. The largest absolute Gasteiger partial charge is 0.457 e. The minimum absolute atomic E-state index is 0.117. The number of allylic oxidation sites excluding steroid dienone is 5. The fourth-order valence-electron chi connectivity index (χ4n) is 5.40. The number of rotatable bonds is 13. The van der Waals surface area contributed by atoms with Crippen LogP contribution in [0.1, 0.15) is 51.5 Å². The molecule has 2 fully saturated rings. The van der Waals surface area contributed by atoms with Crippen LogP contribution in [0.5, 0.6) is 11.5 Å². The number of thioether (sulfide) groups is 1. The lowest BCUT2D eigenvalue weighted by molar-refractivity contribution is -0.138. The van der Waals surface area contributed by atoms with Crippen LogP contribution < -0.4 is 20.7 Å². The standard InChI is InChI=1S/C35H41F3N4OS/c1-5-10-28(21-40-4)25(3)44-23-24(2)33(27-14-15-27)41-30-16-17-31(43-29-12-7-6-8-13-29)32(35(36,37)38)34(30)42-20-9-11-26(22-42)18-19-39/h5-8,10,12-13,16-17,21,23,26,41H,3-4,9,11,14-15,18-20,22,39H2,1-2H3/b10-5-,24-23+,28-21+/t26-/m0/s1. The summed E-state index contributed by atoms with van der Waals surface area (Å²) in [6.07, 6.45) is 5.10. The highest BCUT2D eigenvalue weighted by Crippen LogP contribution is 2.49. The number of hydrogen-bond acceptors (Lipinski definition) is 6. The highest BCUT2D eigenvalue weighted by Gasteiger charge is 2.41. The molecular weight excluding hydrogens is 581 g/mol. The van der Waals surface area contributed by atoms with Crippen LogP contribution in [0.25, 0.3) is 0 Å². The summed E-state index contributed by atoms with van der Waals surface area (Å²) in [5.41, 5.74) is 9.37. The van der Waals surface area contributed by atoms with Gasteiger partial charge in [-0.15, -0.1) is 0 Å². The van der Waals surface area contributed by atoms with Gasteiger partial charge in [0.15, 0.2) is 0 Å². The number of benzene rings is 2. The van der Waals surface area contributed by atoms with E-state index in [1.807, 2.05) is 36.3 Å². The van der Waals surface area contributed by atoms with Crippen LogP contribution in [0.3, 0.4) is 0 Å². The zero-order chi connectivity index (χ0) is 31.7. The quantitative estimate of drug-likeness (QED) is 0.172. The van der Waals surface area contributed by atoms with Crippen molar-refractivity contribution >= 4 is 29.9 Å². The summed E-state index contributed by atoms with van der Waals surface area (Å²) in [7, 11) is 0. The summed E-state index contributed by atoms with van der Waals surface area (Å²) in [6, 6.07) is 11.7. The fourth-order valence-corrected chi connectivity index (χ4v) is 6.10. The van der Waals surface area contributed by atoms with Gasteiger partial charge in [-0.2, -0.15) is 13.2 Å². The predicted octanol–water partition coefficient (Wildman–Crippen LogP) is 9.83. The van der Waals surface area contributed by atoms with E-state index in [2.05, 4.69) is 23.6 Å². The minimum atomic E-state index is -4.65. The number of aliphatic imine (C=N–C) groups is 1. The van der Waals surface area contributed by atoms with Crippen molar-refractivity contribution in [1.82, 2.24) is 0 Å². The molecule has 0 bridgehead atoms. The van der Waals surface area contributed by atoms with Crippen molar-refractivity contribution in [1.29, 1.82) is 0 Å². The molecule has 1 aliphatic carbocycles. The topological polar surface area (TPSA) is 62.9 Å². The van der Waals surface area contributed by atoms with E-state index in [4.69, 9.17) is 10.5 Å². The van der Waals surface area contributed by atoms with Crippen molar-refractivity contribution in [3.8, 4) is 11.5 Å². The van der Waals surface area contributed by atoms with E-state index in [0.717, 1.165) is 53.9 Å². The van der Waals surface area contributed by atoms with Gasteiger partial charge in [0.2, 0.25) is 0 Å².